The van der Waals surface area contributed by atoms with E-state index in [1.165, 1.54) is 0 Å². The Labute approximate surface area is 94.5 Å². The summed E-state index contributed by atoms with van der Waals surface area (Å²) in [7, 11) is 0. The van der Waals surface area contributed by atoms with Crippen molar-refractivity contribution in [1.29, 1.82) is 0 Å². The summed E-state index contributed by atoms with van der Waals surface area (Å²) in [6.07, 6.45) is 2.54. The van der Waals surface area contributed by atoms with Gasteiger partial charge in [-0.15, -0.1) is 5.10 Å². The van der Waals surface area contributed by atoms with E-state index < -0.39 is 0 Å². The minimum Gasteiger partial charge on any atom is -0.396 e. The molecular weight excluding hydrogens is 210 g/mol. The Hall–Kier alpha value is -0.680. The monoisotopic (exact) mass is 227 g/mol. The molecule has 0 unspecified atom stereocenters. The molecule has 0 aliphatic heterocycles. The number of thioether (sulfide) groups is 1. The lowest BCUT2D eigenvalue weighted by Crippen LogP contribution is -2.04. The summed E-state index contributed by atoms with van der Waals surface area (Å²) in [5, 5.41) is 17.6. The molecule has 0 aromatic carbocycles. The van der Waals surface area contributed by atoms with E-state index in [1.54, 1.807) is 11.8 Å². The van der Waals surface area contributed by atoms with E-state index in [1.807, 2.05) is 0 Å². The van der Waals surface area contributed by atoms with Crippen LogP contribution in [0.1, 0.15) is 31.7 Å². The molecule has 1 N–H and O–H groups in total. The lowest BCUT2D eigenvalue weighted by molar-refractivity contribution is 0.296. The Morgan fingerprint density at radius 3 is 2.47 bits per heavy atom. The van der Waals surface area contributed by atoms with Gasteiger partial charge in [-0.25, -0.2) is 4.98 Å². The van der Waals surface area contributed by atoms with Crippen molar-refractivity contribution in [2.45, 2.75) is 38.3 Å². The van der Waals surface area contributed by atoms with Crippen LogP contribution in [0, 0.1) is 0 Å². The van der Waals surface area contributed by atoms with Gasteiger partial charge in [-0.3, -0.25) is 0 Å². The number of aliphatic hydroxyl groups excluding tert-OH is 1. The van der Waals surface area contributed by atoms with E-state index in [2.05, 4.69) is 29.0 Å². The van der Waals surface area contributed by atoms with Gasteiger partial charge in [-0.2, -0.15) is 5.10 Å². The molecule has 0 saturated carbocycles. The minimum atomic E-state index is 0.216. The summed E-state index contributed by atoms with van der Waals surface area (Å²) in [4.78, 5) is 4.44. The number of hydrogen-bond donors (Lipinski definition) is 1. The summed E-state index contributed by atoms with van der Waals surface area (Å²) in [5.74, 6) is 0.840. The van der Waals surface area contributed by atoms with E-state index in [4.69, 9.17) is 5.11 Å². The molecule has 0 aliphatic rings. The van der Waals surface area contributed by atoms with E-state index in [9.17, 15) is 0 Å². The van der Waals surface area contributed by atoms with Crippen molar-refractivity contribution >= 4 is 11.8 Å². The molecule has 1 aromatic rings. The lowest BCUT2D eigenvalue weighted by Gasteiger charge is -2.04. The first-order chi connectivity index (χ1) is 7.31. The molecule has 0 radical (unpaired) electrons. The Balaban J connectivity index is 2.66. The van der Waals surface area contributed by atoms with E-state index in [0.717, 1.165) is 41.6 Å². The molecule has 0 atom stereocenters. The number of rotatable bonds is 6. The van der Waals surface area contributed by atoms with Gasteiger partial charge in [-0.1, -0.05) is 25.6 Å². The Kier molecular flexibility index (Phi) is 5.57. The van der Waals surface area contributed by atoms with Crippen LogP contribution in [0.5, 0.6) is 0 Å². The summed E-state index contributed by atoms with van der Waals surface area (Å²) < 4.78 is 0. The van der Waals surface area contributed by atoms with Gasteiger partial charge in [-0.05, 0) is 19.3 Å². The van der Waals surface area contributed by atoms with Gasteiger partial charge < -0.3 is 5.11 Å². The number of aromatic nitrogens is 3. The summed E-state index contributed by atoms with van der Waals surface area (Å²) >= 11 is 1.55. The van der Waals surface area contributed by atoms with Gasteiger partial charge in [0.05, 0.1) is 11.4 Å². The number of hydrogen-bond acceptors (Lipinski definition) is 5. The Bertz CT molecular complexity index is 307. The number of nitrogens with zero attached hydrogens (tertiary/aromatic N) is 3. The normalized spacial score (nSPS) is 10.6. The fraction of sp³-hybridized carbons (Fsp3) is 0.700. The van der Waals surface area contributed by atoms with Crippen LogP contribution in [0.2, 0.25) is 0 Å². The quantitative estimate of drug-likeness (QED) is 0.589. The first-order valence-corrected chi connectivity index (χ1v) is 6.26. The molecular formula is C10H17N3OS. The van der Waals surface area contributed by atoms with Crippen molar-refractivity contribution in [3.8, 4) is 0 Å². The SMILES string of the molecule is CCc1nnc(SCCCO)nc1CC. The smallest absolute Gasteiger partial charge is 0.209 e. The van der Waals surface area contributed by atoms with E-state index in [-0.39, 0.29) is 6.61 Å². The van der Waals surface area contributed by atoms with Crippen LogP contribution in [0.25, 0.3) is 0 Å². The van der Waals surface area contributed by atoms with Crippen molar-refractivity contribution < 1.29 is 5.11 Å². The van der Waals surface area contributed by atoms with Crippen molar-refractivity contribution in [2.75, 3.05) is 12.4 Å². The van der Waals surface area contributed by atoms with Crippen molar-refractivity contribution in [3.63, 3.8) is 0 Å². The summed E-state index contributed by atoms with van der Waals surface area (Å²) in [6.45, 7) is 4.35. The zero-order valence-corrected chi connectivity index (χ0v) is 10.0. The van der Waals surface area contributed by atoms with Crippen LogP contribution < -0.4 is 0 Å². The Morgan fingerprint density at radius 2 is 1.87 bits per heavy atom. The highest BCUT2D eigenvalue weighted by atomic mass is 32.2. The van der Waals surface area contributed by atoms with Crippen LogP contribution in [0.3, 0.4) is 0 Å². The average molecular weight is 227 g/mol. The van der Waals surface area contributed by atoms with Crippen molar-refractivity contribution in [1.82, 2.24) is 15.2 Å². The summed E-state index contributed by atoms with van der Waals surface area (Å²) in [5.41, 5.74) is 2.03. The van der Waals surface area contributed by atoms with Gasteiger partial charge >= 0.3 is 0 Å². The summed E-state index contributed by atoms with van der Waals surface area (Å²) in [6, 6.07) is 0. The standard InChI is InChI=1S/C10H17N3OS/c1-3-8-9(4-2)12-13-10(11-8)15-7-5-6-14/h14H,3-7H2,1-2H3. The zero-order valence-electron chi connectivity index (χ0n) is 9.23. The topological polar surface area (TPSA) is 58.9 Å². The van der Waals surface area contributed by atoms with E-state index >= 15 is 0 Å². The largest absolute Gasteiger partial charge is 0.396 e. The second-order valence-corrected chi connectivity index (χ2v) is 4.18. The van der Waals surface area contributed by atoms with Crippen molar-refractivity contribution in [3.05, 3.63) is 11.4 Å². The maximum atomic E-state index is 8.66. The third kappa shape index (κ3) is 3.76. The number of aryl methyl sites for hydroxylation is 2. The second-order valence-electron chi connectivity index (χ2n) is 3.12. The maximum Gasteiger partial charge on any atom is 0.209 e. The predicted molar refractivity (Wildman–Crippen MR) is 61.0 cm³/mol. The Morgan fingerprint density at radius 1 is 1.13 bits per heavy atom. The van der Waals surface area contributed by atoms with Crippen LogP contribution >= 0.6 is 11.8 Å². The fourth-order valence-corrected chi connectivity index (χ4v) is 1.94. The average Bonchev–Trinajstić information content (AvgIpc) is 2.29. The van der Waals surface area contributed by atoms with E-state index in [0.29, 0.717) is 0 Å². The molecule has 0 saturated heterocycles. The van der Waals surface area contributed by atoms with Crippen LogP contribution in [-0.2, 0) is 12.8 Å². The third-order valence-corrected chi connectivity index (χ3v) is 2.95. The van der Waals surface area contributed by atoms with Gasteiger partial charge in [0.15, 0.2) is 0 Å². The molecule has 0 amide bonds. The van der Waals surface area contributed by atoms with Crippen LogP contribution in [0.15, 0.2) is 5.16 Å². The van der Waals surface area contributed by atoms with Gasteiger partial charge in [0.2, 0.25) is 5.16 Å². The molecule has 1 heterocycles. The molecule has 0 spiro atoms. The highest BCUT2D eigenvalue weighted by molar-refractivity contribution is 7.99. The van der Waals surface area contributed by atoms with Crippen LogP contribution in [-0.4, -0.2) is 32.6 Å². The second kappa shape index (κ2) is 6.74. The van der Waals surface area contributed by atoms with Gasteiger partial charge in [0, 0.05) is 12.4 Å². The molecule has 0 bridgehead atoms. The molecule has 84 valence electrons. The van der Waals surface area contributed by atoms with Gasteiger partial charge in [0.25, 0.3) is 0 Å². The molecule has 0 fully saturated rings. The highest BCUT2D eigenvalue weighted by Crippen LogP contribution is 2.14. The van der Waals surface area contributed by atoms with Gasteiger partial charge in [0.1, 0.15) is 0 Å². The minimum absolute atomic E-state index is 0.216. The van der Waals surface area contributed by atoms with Crippen molar-refractivity contribution in [2.24, 2.45) is 0 Å². The molecule has 1 aromatic heterocycles. The molecule has 1 rings (SSSR count). The first kappa shape index (κ1) is 12.4. The van der Waals surface area contributed by atoms with Crippen LogP contribution in [0.4, 0.5) is 0 Å². The lowest BCUT2D eigenvalue weighted by atomic mass is 10.2. The molecule has 5 heteroatoms. The fourth-order valence-electron chi connectivity index (χ4n) is 1.21. The maximum absolute atomic E-state index is 8.66. The first-order valence-electron chi connectivity index (χ1n) is 5.27. The highest BCUT2D eigenvalue weighted by Gasteiger charge is 2.05. The molecule has 15 heavy (non-hydrogen) atoms. The number of aliphatic hydroxyl groups is 1. The molecule has 0 aliphatic carbocycles. The molecule has 4 nitrogen and oxygen atoms in total. The third-order valence-electron chi connectivity index (χ3n) is 2.02. The zero-order chi connectivity index (χ0) is 11.1. The predicted octanol–water partition coefficient (Wildman–Crippen LogP) is 1.47.